The molecule has 2 aromatic heterocycles. The lowest BCUT2D eigenvalue weighted by molar-refractivity contribution is 0.312. The number of rotatable bonds is 6. The molecule has 1 aromatic carbocycles. The highest BCUT2D eigenvalue weighted by Gasteiger charge is 2.15. The third kappa shape index (κ3) is 3.50. The minimum absolute atomic E-state index is 0.115. The van der Waals surface area contributed by atoms with Gasteiger partial charge in [-0.2, -0.15) is 15.0 Å². The van der Waals surface area contributed by atoms with Gasteiger partial charge in [0, 0.05) is 9.58 Å². The number of benzene rings is 1. The Kier molecular flexibility index (Phi) is 4.57. The molecule has 0 aliphatic rings. The van der Waals surface area contributed by atoms with Crippen LogP contribution in [-0.2, 0) is 0 Å². The fraction of sp³-hybridized carbons (Fsp3) is 0.312. The Labute approximate surface area is 138 Å². The number of hydrogen-bond donors (Lipinski definition) is 2. The average molecular weight is 329 g/mol. The van der Waals surface area contributed by atoms with E-state index >= 15 is 0 Å². The summed E-state index contributed by atoms with van der Waals surface area (Å²) in [6, 6.07) is 10.9. The van der Waals surface area contributed by atoms with Crippen LogP contribution in [0.25, 0.3) is 10.1 Å². The molecule has 0 bridgehead atoms. The number of hydrogen-bond acceptors (Lipinski definition) is 7. The number of thiophene rings is 1. The fourth-order valence-electron chi connectivity index (χ4n) is 2.33. The quantitative estimate of drug-likeness (QED) is 0.718. The molecular formula is C16H19N5OS. The van der Waals surface area contributed by atoms with Gasteiger partial charge < -0.3 is 15.8 Å². The van der Waals surface area contributed by atoms with E-state index in [0.717, 1.165) is 6.42 Å². The number of nitrogens with two attached hydrogens (primary N) is 1. The highest BCUT2D eigenvalue weighted by atomic mass is 32.1. The Balaban J connectivity index is 1.87. The number of aromatic nitrogens is 3. The number of ether oxygens (including phenoxy) is 1. The molecule has 7 heteroatoms. The van der Waals surface area contributed by atoms with E-state index in [0.29, 0.717) is 12.6 Å². The normalized spacial score (nSPS) is 12.3. The van der Waals surface area contributed by atoms with Crippen molar-refractivity contribution in [1.29, 1.82) is 0 Å². The Bertz CT molecular complexity index is 771. The molecule has 6 nitrogen and oxygen atoms in total. The first kappa shape index (κ1) is 15.5. The van der Waals surface area contributed by atoms with Gasteiger partial charge in [0.25, 0.3) is 0 Å². The molecule has 0 spiro atoms. The molecule has 0 fully saturated rings. The standard InChI is InChI=1S/C16H19N5OS/c1-3-11(13-9-10-7-5-6-8-12(10)23-13)18-15-19-14(17)20-16(21-15)22-4-2/h5-9,11H,3-4H2,1-2H3,(H3,17,18,19,20,21). The lowest BCUT2D eigenvalue weighted by Gasteiger charge is -2.15. The van der Waals surface area contributed by atoms with Crippen LogP contribution < -0.4 is 15.8 Å². The molecule has 3 N–H and O–H groups in total. The summed E-state index contributed by atoms with van der Waals surface area (Å²) in [6.45, 7) is 4.48. The van der Waals surface area contributed by atoms with E-state index < -0.39 is 0 Å². The predicted molar refractivity (Wildman–Crippen MR) is 93.9 cm³/mol. The summed E-state index contributed by atoms with van der Waals surface area (Å²) in [5.74, 6) is 0.586. The highest BCUT2D eigenvalue weighted by Crippen LogP contribution is 2.32. The lowest BCUT2D eigenvalue weighted by atomic mass is 10.1. The molecular weight excluding hydrogens is 310 g/mol. The maximum Gasteiger partial charge on any atom is 0.323 e. The zero-order chi connectivity index (χ0) is 16.2. The SMILES string of the molecule is CCOc1nc(N)nc(NC(CC)c2cc3ccccc3s2)n1. The summed E-state index contributed by atoms with van der Waals surface area (Å²) in [5, 5.41) is 4.58. The lowest BCUT2D eigenvalue weighted by Crippen LogP contribution is -2.13. The largest absolute Gasteiger partial charge is 0.464 e. The molecule has 3 aromatic rings. The number of fused-ring (bicyclic) bond motifs is 1. The molecule has 2 heterocycles. The average Bonchev–Trinajstić information content (AvgIpc) is 2.96. The minimum Gasteiger partial charge on any atom is -0.464 e. The van der Waals surface area contributed by atoms with Crippen molar-refractivity contribution in [2.24, 2.45) is 0 Å². The monoisotopic (exact) mass is 329 g/mol. The Morgan fingerprint density at radius 1 is 1.22 bits per heavy atom. The number of nitrogen functional groups attached to an aromatic ring is 1. The van der Waals surface area contributed by atoms with Crippen LogP contribution in [0.4, 0.5) is 11.9 Å². The van der Waals surface area contributed by atoms with Crippen molar-refractivity contribution in [3.63, 3.8) is 0 Å². The van der Waals surface area contributed by atoms with Crippen LogP contribution in [0.5, 0.6) is 6.01 Å². The first-order chi connectivity index (χ1) is 11.2. The molecule has 3 rings (SSSR count). The zero-order valence-corrected chi connectivity index (χ0v) is 13.9. The Morgan fingerprint density at radius 3 is 2.78 bits per heavy atom. The third-order valence-corrected chi connectivity index (χ3v) is 4.63. The first-order valence-corrected chi connectivity index (χ1v) is 8.40. The molecule has 0 saturated carbocycles. The van der Waals surface area contributed by atoms with Crippen LogP contribution in [0, 0.1) is 0 Å². The summed E-state index contributed by atoms with van der Waals surface area (Å²) in [7, 11) is 0. The van der Waals surface area contributed by atoms with Gasteiger partial charge in [0.05, 0.1) is 12.6 Å². The van der Waals surface area contributed by atoms with E-state index in [4.69, 9.17) is 10.5 Å². The Morgan fingerprint density at radius 2 is 2.04 bits per heavy atom. The van der Waals surface area contributed by atoms with E-state index in [-0.39, 0.29) is 18.0 Å². The second kappa shape index (κ2) is 6.78. The molecule has 23 heavy (non-hydrogen) atoms. The van der Waals surface area contributed by atoms with Crippen LogP contribution in [0.15, 0.2) is 30.3 Å². The summed E-state index contributed by atoms with van der Waals surface area (Å²) in [6.07, 6.45) is 0.905. The predicted octanol–water partition coefficient (Wildman–Crippen LogP) is 3.63. The van der Waals surface area contributed by atoms with Gasteiger partial charge in [0.2, 0.25) is 11.9 Å². The molecule has 1 unspecified atom stereocenters. The van der Waals surface area contributed by atoms with Crippen molar-refractivity contribution < 1.29 is 4.74 Å². The van der Waals surface area contributed by atoms with Gasteiger partial charge in [-0.3, -0.25) is 0 Å². The minimum atomic E-state index is 0.115. The van der Waals surface area contributed by atoms with Crippen molar-refractivity contribution in [3.8, 4) is 6.01 Å². The first-order valence-electron chi connectivity index (χ1n) is 7.59. The van der Waals surface area contributed by atoms with Gasteiger partial charge in [-0.15, -0.1) is 11.3 Å². The molecule has 120 valence electrons. The Hall–Kier alpha value is -2.41. The summed E-state index contributed by atoms with van der Waals surface area (Å²) < 4.78 is 6.59. The van der Waals surface area contributed by atoms with Crippen molar-refractivity contribution in [1.82, 2.24) is 15.0 Å². The summed E-state index contributed by atoms with van der Waals surface area (Å²) in [5.41, 5.74) is 5.73. The van der Waals surface area contributed by atoms with Crippen molar-refractivity contribution in [2.75, 3.05) is 17.7 Å². The van der Waals surface area contributed by atoms with E-state index in [1.54, 1.807) is 11.3 Å². The van der Waals surface area contributed by atoms with E-state index in [2.05, 4.69) is 51.5 Å². The molecule has 0 saturated heterocycles. The number of nitrogens with one attached hydrogen (secondary N) is 1. The van der Waals surface area contributed by atoms with Gasteiger partial charge in [-0.05, 0) is 30.9 Å². The molecule has 0 radical (unpaired) electrons. The topological polar surface area (TPSA) is 86.0 Å². The van der Waals surface area contributed by atoms with Crippen molar-refractivity contribution in [3.05, 3.63) is 35.2 Å². The van der Waals surface area contributed by atoms with Crippen molar-refractivity contribution >= 4 is 33.3 Å². The second-order valence-electron chi connectivity index (χ2n) is 5.02. The van der Waals surface area contributed by atoms with Gasteiger partial charge in [0.15, 0.2) is 0 Å². The van der Waals surface area contributed by atoms with E-state index in [9.17, 15) is 0 Å². The van der Waals surface area contributed by atoms with Crippen molar-refractivity contribution in [2.45, 2.75) is 26.3 Å². The summed E-state index contributed by atoms with van der Waals surface area (Å²) >= 11 is 1.77. The van der Waals surface area contributed by atoms with Gasteiger partial charge >= 0.3 is 6.01 Å². The van der Waals surface area contributed by atoms with Crippen LogP contribution in [-0.4, -0.2) is 21.6 Å². The maximum atomic E-state index is 5.73. The van der Waals surface area contributed by atoms with E-state index in [1.807, 2.05) is 13.0 Å². The van der Waals surface area contributed by atoms with Crippen LogP contribution in [0.3, 0.4) is 0 Å². The van der Waals surface area contributed by atoms with Gasteiger partial charge in [-0.1, -0.05) is 25.1 Å². The third-order valence-electron chi connectivity index (χ3n) is 3.41. The van der Waals surface area contributed by atoms with Crippen LogP contribution in [0.2, 0.25) is 0 Å². The molecule has 1 atom stereocenters. The van der Waals surface area contributed by atoms with Crippen LogP contribution >= 0.6 is 11.3 Å². The molecule has 0 aliphatic carbocycles. The fourth-order valence-corrected chi connectivity index (χ4v) is 3.53. The smallest absolute Gasteiger partial charge is 0.323 e. The van der Waals surface area contributed by atoms with Gasteiger partial charge in [-0.25, -0.2) is 0 Å². The van der Waals surface area contributed by atoms with Crippen LogP contribution in [0.1, 0.15) is 31.2 Å². The van der Waals surface area contributed by atoms with E-state index in [1.165, 1.54) is 15.0 Å². The highest BCUT2D eigenvalue weighted by molar-refractivity contribution is 7.19. The second-order valence-corrected chi connectivity index (χ2v) is 6.14. The zero-order valence-electron chi connectivity index (χ0n) is 13.1. The van der Waals surface area contributed by atoms with Gasteiger partial charge in [0.1, 0.15) is 0 Å². The number of anilines is 2. The maximum absolute atomic E-state index is 5.73. The molecule has 0 amide bonds. The molecule has 0 aliphatic heterocycles. The summed E-state index contributed by atoms with van der Waals surface area (Å²) in [4.78, 5) is 13.6. The number of nitrogens with zero attached hydrogens (tertiary/aromatic N) is 3.